The second-order valence-corrected chi connectivity index (χ2v) is 4.48. The number of nitrogens with two attached hydrogens (primary N) is 1. The average molecular weight is 221 g/mol. The Morgan fingerprint density at radius 1 is 1.50 bits per heavy atom. The number of pyridine rings is 1. The minimum atomic E-state index is 0.189. The number of nitrogens with zero attached hydrogens (tertiary/aromatic N) is 1. The first kappa shape index (κ1) is 11.5. The smallest absolute Gasteiger partial charge is 0.0569 e. The van der Waals surface area contributed by atoms with Crippen molar-refractivity contribution in [2.24, 2.45) is 11.1 Å². The molecule has 0 saturated carbocycles. The molecule has 0 spiro atoms. The van der Waals surface area contributed by atoms with E-state index >= 15 is 0 Å². The fourth-order valence-corrected chi connectivity index (χ4v) is 1.82. The van der Waals surface area contributed by atoms with Crippen LogP contribution in [-0.2, 0) is 11.2 Å². The fraction of sp³-hybridized carbons (Fsp3) is 0.583. The fourth-order valence-electron chi connectivity index (χ4n) is 1.82. The molecular formula is C12H19N3O. The second kappa shape index (κ2) is 5.39. The minimum absolute atomic E-state index is 0.189. The highest BCUT2D eigenvalue weighted by atomic mass is 16.5. The molecule has 0 aromatic carbocycles. The van der Waals surface area contributed by atoms with E-state index in [-0.39, 0.29) is 5.41 Å². The summed E-state index contributed by atoms with van der Waals surface area (Å²) in [6.07, 6.45) is 4.72. The Morgan fingerprint density at radius 3 is 2.94 bits per heavy atom. The molecule has 0 bridgehead atoms. The third-order valence-electron chi connectivity index (χ3n) is 3.06. The van der Waals surface area contributed by atoms with Crippen molar-refractivity contribution >= 4 is 0 Å². The van der Waals surface area contributed by atoms with Gasteiger partial charge in [-0.05, 0) is 24.6 Å². The number of nitrogens with one attached hydrogen (secondary N) is 1. The third kappa shape index (κ3) is 2.78. The highest BCUT2D eigenvalue weighted by molar-refractivity contribution is 5.08. The van der Waals surface area contributed by atoms with Crippen molar-refractivity contribution in [1.82, 2.24) is 10.3 Å². The predicted octanol–water partition coefficient (Wildman–Crippen LogP) is 0.189. The molecule has 0 atom stereocenters. The van der Waals surface area contributed by atoms with Crippen molar-refractivity contribution in [2.75, 3.05) is 32.8 Å². The van der Waals surface area contributed by atoms with Crippen LogP contribution in [0.5, 0.6) is 0 Å². The van der Waals surface area contributed by atoms with Gasteiger partial charge in [-0.15, -0.1) is 0 Å². The maximum atomic E-state index is 5.73. The van der Waals surface area contributed by atoms with Crippen LogP contribution in [0, 0.1) is 5.41 Å². The Morgan fingerprint density at radius 2 is 2.38 bits per heavy atom. The Hall–Kier alpha value is -0.970. The van der Waals surface area contributed by atoms with Gasteiger partial charge in [0.1, 0.15) is 0 Å². The van der Waals surface area contributed by atoms with Crippen LogP contribution in [0.2, 0.25) is 0 Å². The molecule has 0 amide bonds. The summed E-state index contributed by atoms with van der Waals surface area (Å²) in [4.78, 5) is 4.09. The van der Waals surface area contributed by atoms with Crippen molar-refractivity contribution in [3.8, 4) is 0 Å². The van der Waals surface area contributed by atoms with E-state index in [0.29, 0.717) is 6.54 Å². The molecule has 4 nitrogen and oxygen atoms in total. The molecule has 1 aliphatic heterocycles. The number of ether oxygens (including phenoxy) is 1. The number of rotatable bonds is 6. The first-order valence-corrected chi connectivity index (χ1v) is 5.72. The van der Waals surface area contributed by atoms with Gasteiger partial charge in [0.15, 0.2) is 0 Å². The van der Waals surface area contributed by atoms with E-state index < -0.39 is 0 Å². The van der Waals surface area contributed by atoms with Gasteiger partial charge in [-0.1, -0.05) is 6.07 Å². The molecule has 4 heteroatoms. The topological polar surface area (TPSA) is 60.2 Å². The summed E-state index contributed by atoms with van der Waals surface area (Å²) in [5, 5.41) is 3.44. The maximum absolute atomic E-state index is 5.73. The van der Waals surface area contributed by atoms with Crippen LogP contribution in [-0.4, -0.2) is 37.8 Å². The molecule has 88 valence electrons. The molecule has 0 unspecified atom stereocenters. The quantitative estimate of drug-likeness (QED) is 0.673. The van der Waals surface area contributed by atoms with Gasteiger partial charge >= 0.3 is 0 Å². The summed E-state index contributed by atoms with van der Waals surface area (Å²) in [5.74, 6) is 0. The molecule has 1 saturated heterocycles. The summed E-state index contributed by atoms with van der Waals surface area (Å²) in [5.41, 5.74) is 7.19. The van der Waals surface area contributed by atoms with Crippen LogP contribution >= 0.6 is 0 Å². The van der Waals surface area contributed by atoms with Gasteiger partial charge in [0.2, 0.25) is 0 Å². The van der Waals surface area contributed by atoms with E-state index in [0.717, 1.165) is 32.7 Å². The zero-order valence-electron chi connectivity index (χ0n) is 9.48. The highest BCUT2D eigenvalue weighted by Gasteiger charge is 2.36. The van der Waals surface area contributed by atoms with Crippen molar-refractivity contribution in [1.29, 1.82) is 0 Å². The van der Waals surface area contributed by atoms with Crippen molar-refractivity contribution in [3.05, 3.63) is 30.1 Å². The SMILES string of the molecule is NCC1(CNCCc2cccnc2)COC1. The monoisotopic (exact) mass is 221 g/mol. The standard InChI is InChI=1S/C12H19N3O/c13-7-12(9-16-10-12)8-15-5-3-11-2-1-4-14-6-11/h1-2,4,6,15H,3,5,7-10,13H2. The molecular weight excluding hydrogens is 202 g/mol. The van der Waals surface area contributed by atoms with Crippen LogP contribution < -0.4 is 11.1 Å². The predicted molar refractivity (Wildman–Crippen MR) is 63.1 cm³/mol. The largest absolute Gasteiger partial charge is 0.380 e. The van der Waals surface area contributed by atoms with Crippen LogP contribution in [0.3, 0.4) is 0 Å². The molecule has 2 heterocycles. The lowest BCUT2D eigenvalue weighted by molar-refractivity contribution is -0.104. The lowest BCUT2D eigenvalue weighted by Crippen LogP contribution is -2.54. The van der Waals surface area contributed by atoms with Crippen molar-refractivity contribution in [3.63, 3.8) is 0 Å². The summed E-state index contributed by atoms with van der Waals surface area (Å²) >= 11 is 0. The number of aromatic nitrogens is 1. The van der Waals surface area contributed by atoms with Crippen LogP contribution in [0.4, 0.5) is 0 Å². The normalized spacial score (nSPS) is 18.1. The molecule has 0 radical (unpaired) electrons. The van der Waals surface area contributed by atoms with Gasteiger partial charge in [-0.2, -0.15) is 0 Å². The van der Waals surface area contributed by atoms with Crippen LogP contribution in [0.25, 0.3) is 0 Å². The van der Waals surface area contributed by atoms with E-state index in [1.807, 2.05) is 12.3 Å². The highest BCUT2D eigenvalue weighted by Crippen LogP contribution is 2.24. The summed E-state index contributed by atoms with van der Waals surface area (Å²) in [6, 6.07) is 4.07. The summed E-state index contributed by atoms with van der Waals surface area (Å²) < 4.78 is 5.21. The minimum Gasteiger partial charge on any atom is -0.380 e. The van der Waals surface area contributed by atoms with E-state index in [2.05, 4.69) is 16.4 Å². The summed E-state index contributed by atoms with van der Waals surface area (Å²) in [7, 11) is 0. The Labute approximate surface area is 96.2 Å². The Kier molecular flexibility index (Phi) is 3.88. The van der Waals surface area contributed by atoms with E-state index in [1.54, 1.807) is 6.20 Å². The average Bonchev–Trinajstić information content (AvgIpc) is 2.29. The molecule has 2 rings (SSSR count). The van der Waals surface area contributed by atoms with Gasteiger partial charge < -0.3 is 15.8 Å². The lowest BCUT2D eigenvalue weighted by atomic mass is 9.86. The van der Waals surface area contributed by atoms with Gasteiger partial charge in [-0.25, -0.2) is 0 Å². The van der Waals surface area contributed by atoms with E-state index in [4.69, 9.17) is 10.5 Å². The van der Waals surface area contributed by atoms with E-state index in [9.17, 15) is 0 Å². The Bertz CT molecular complexity index is 306. The molecule has 1 aromatic rings. The molecule has 1 aromatic heterocycles. The Balaban J connectivity index is 1.65. The summed E-state index contributed by atoms with van der Waals surface area (Å²) in [6.45, 7) is 4.21. The number of hydrogen-bond acceptors (Lipinski definition) is 4. The van der Waals surface area contributed by atoms with Gasteiger partial charge in [0, 0.05) is 30.9 Å². The maximum Gasteiger partial charge on any atom is 0.0569 e. The van der Waals surface area contributed by atoms with Gasteiger partial charge in [-0.3, -0.25) is 4.98 Å². The molecule has 0 aliphatic carbocycles. The molecule has 1 fully saturated rings. The molecule has 16 heavy (non-hydrogen) atoms. The first-order valence-electron chi connectivity index (χ1n) is 5.72. The molecule has 1 aliphatic rings. The third-order valence-corrected chi connectivity index (χ3v) is 3.06. The second-order valence-electron chi connectivity index (χ2n) is 4.48. The van der Waals surface area contributed by atoms with Crippen molar-refractivity contribution < 1.29 is 4.74 Å². The molecule has 3 N–H and O–H groups in total. The van der Waals surface area contributed by atoms with Crippen LogP contribution in [0.1, 0.15) is 5.56 Å². The van der Waals surface area contributed by atoms with Crippen LogP contribution in [0.15, 0.2) is 24.5 Å². The van der Waals surface area contributed by atoms with Gasteiger partial charge in [0.05, 0.1) is 13.2 Å². The van der Waals surface area contributed by atoms with E-state index in [1.165, 1.54) is 5.56 Å². The first-order chi connectivity index (χ1) is 7.85. The zero-order chi connectivity index (χ0) is 11.3. The van der Waals surface area contributed by atoms with Crippen molar-refractivity contribution in [2.45, 2.75) is 6.42 Å². The van der Waals surface area contributed by atoms with Gasteiger partial charge in [0.25, 0.3) is 0 Å². The lowest BCUT2D eigenvalue weighted by Gasteiger charge is -2.40. The number of hydrogen-bond donors (Lipinski definition) is 2. The zero-order valence-corrected chi connectivity index (χ0v) is 9.48.